The summed E-state index contributed by atoms with van der Waals surface area (Å²) in [7, 11) is 0. The monoisotopic (exact) mass is 338 g/mol. The first-order valence-corrected chi connectivity index (χ1v) is 10.2. The van der Waals surface area contributed by atoms with E-state index < -0.39 is 0 Å². The van der Waals surface area contributed by atoms with Gasteiger partial charge in [0.25, 0.3) is 0 Å². The van der Waals surface area contributed by atoms with E-state index in [1.54, 1.807) is 4.90 Å². The zero-order valence-corrected chi connectivity index (χ0v) is 15.8. The smallest absolute Gasteiger partial charge is 0.222 e. The van der Waals surface area contributed by atoms with Crippen LogP contribution in [0.25, 0.3) is 0 Å². The Morgan fingerprint density at radius 2 is 1.21 bits per heavy atom. The summed E-state index contributed by atoms with van der Waals surface area (Å²) < 4.78 is 0. The minimum Gasteiger partial charge on any atom is -0.342 e. The van der Waals surface area contributed by atoms with E-state index >= 15 is 0 Å². The summed E-state index contributed by atoms with van der Waals surface area (Å²) in [5.74, 6) is 0.271. The lowest BCUT2D eigenvalue weighted by Crippen LogP contribution is -2.48. The first kappa shape index (κ1) is 21.0. The molecule has 1 aliphatic rings. The molecule has 1 fully saturated rings. The van der Waals surface area contributed by atoms with Crippen molar-refractivity contribution in [3.63, 3.8) is 0 Å². The second kappa shape index (κ2) is 14.3. The van der Waals surface area contributed by atoms with Crippen LogP contribution in [0.4, 0.5) is 0 Å². The summed E-state index contributed by atoms with van der Waals surface area (Å²) in [6, 6.07) is 0. The second-order valence-corrected chi connectivity index (χ2v) is 7.16. The van der Waals surface area contributed by atoms with Gasteiger partial charge in [-0.15, -0.1) is 0 Å². The van der Waals surface area contributed by atoms with Crippen LogP contribution in [0.3, 0.4) is 0 Å². The van der Waals surface area contributed by atoms with Gasteiger partial charge >= 0.3 is 0 Å². The molecule has 0 aliphatic carbocycles. The highest BCUT2D eigenvalue weighted by atomic mass is 16.2. The van der Waals surface area contributed by atoms with E-state index in [0.717, 1.165) is 12.8 Å². The van der Waals surface area contributed by atoms with E-state index in [4.69, 9.17) is 0 Å². The molecule has 4 heteroatoms. The van der Waals surface area contributed by atoms with Crippen molar-refractivity contribution in [2.45, 2.75) is 90.4 Å². The molecule has 0 aromatic carbocycles. The lowest BCUT2D eigenvalue weighted by atomic mass is 10.0. The number of amides is 2. The molecular formula is C20H38N2O2. The number of carbonyl (C=O) groups is 2. The highest BCUT2D eigenvalue weighted by molar-refractivity contribution is 5.76. The fourth-order valence-electron chi connectivity index (χ4n) is 3.35. The number of hydrogen-bond acceptors (Lipinski definition) is 2. The number of rotatable bonds is 14. The van der Waals surface area contributed by atoms with Crippen LogP contribution >= 0.6 is 0 Å². The van der Waals surface area contributed by atoms with Gasteiger partial charge in [0.05, 0.1) is 0 Å². The average Bonchev–Trinajstić information content (AvgIpc) is 2.62. The summed E-state index contributed by atoms with van der Waals surface area (Å²) in [5, 5.41) is 0. The van der Waals surface area contributed by atoms with E-state index in [2.05, 4.69) is 6.92 Å². The minimum atomic E-state index is 0.271. The second-order valence-electron chi connectivity index (χ2n) is 7.16. The molecule has 0 unspecified atom stereocenters. The van der Waals surface area contributed by atoms with Crippen LogP contribution in [0.15, 0.2) is 0 Å². The molecule has 1 rings (SSSR count). The lowest BCUT2D eigenvalue weighted by molar-refractivity contribution is -0.135. The summed E-state index contributed by atoms with van der Waals surface area (Å²) in [6.45, 7) is 5.05. The third-order valence-corrected chi connectivity index (χ3v) is 5.06. The Kier molecular flexibility index (Phi) is 12.5. The van der Waals surface area contributed by atoms with Gasteiger partial charge in [0.1, 0.15) is 0 Å². The Bertz CT molecular complexity index is 326. The van der Waals surface area contributed by atoms with Crippen LogP contribution < -0.4 is 0 Å². The molecule has 1 heterocycles. The van der Waals surface area contributed by atoms with Gasteiger partial charge in [-0.1, -0.05) is 77.6 Å². The van der Waals surface area contributed by atoms with Crippen molar-refractivity contribution in [1.29, 1.82) is 0 Å². The molecule has 140 valence electrons. The average molecular weight is 339 g/mol. The summed E-state index contributed by atoms with van der Waals surface area (Å²) in [4.78, 5) is 26.4. The van der Waals surface area contributed by atoms with Crippen molar-refractivity contribution >= 4 is 12.3 Å². The number of unbranched alkanes of at least 4 members (excludes halogenated alkanes) is 11. The van der Waals surface area contributed by atoms with Crippen LogP contribution in [0, 0.1) is 0 Å². The molecule has 0 N–H and O–H groups in total. The van der Waals surface area contributed by atoms with Gasteiger partial charge in [0.2, 0.25) is 12.3 Å². The largest absolute Gasteiger partial charge is 0.342 e. The van der Waals surface area contributed by atoms with Crippen molar-refractivity contribution in [2.24, 2.45) is 0 Å². The van der Waals surface area contributed by atoms with Crippen molar-refractivity contribution in [3.8, 4) is 0 Å². The third kappa shape index (κ3) is 9.94. The standard InChI is InChI=1S/C20H38N2O2/c1-2-3-4-5-6-7-8-9-10-11-12-13-14-20(24)22-17-15-21(19-23)16-18-22/h19H,2-18H2,1H3. The molecule has 0 aromatic heterocycles. The van der Waals surface area contributed by atoms with Gasteiger partial charge < -0.3 is 9.80 Å². The van der Waals surface area contributed by atoms with E-state index in [1.165, 1.54) is 70.6 Å². The Balaban J connectivity index is 1.85. The van der Waals surface area contributed by atoms with Crippen LogP contribution in [-0.4, -0.2) is 48.3 Å². The van der Waals surface area contributed by atoms with Gasteiger partial charge in [-0.3, -0.25) is 9.59 Å². The molecule has 0 atom stereocenters. The molecule has 4 nitrogen and oxygen atoms in total. The topological polar surface area (TPSA) is 40.6 Å². The molecule has 2 amide bonds. The summed E-state index contributed by atoms with van der Waals surface area (Å²) >= 11 is 0. The van der Waals surface area contributed by atoms with Gasteiger partial charge in [-0.25, -0.2) is 0 Å². The quantitative estimate of drug-likeness (QED) is 0.348. The maximum Gasteiger partial charge on any atom is 0.222 e. The van der Waals surface area contributed by atoms with Crippen LogP contribution in [0.1, 0.15) is 90.4 Å². The molecule has 0 aromatic rings. The van der Waals surface area contributed by atoms with Crippen molar-refractivity contribution < 1.29 is 9.59 Å². The molecular weight excluding hydrogens is 300 g/mol. The van der Waals surface area contributed by atoms with Crippen LogP contribution in [0.2, 0.25) is 0 Å². The Morgan fingerprint density at radius 1 is 0.750 bits per heavy atom. The highest BCUT2D eigenvalue weighted by Gasteiger charge is 2.19. The summed E-state index contributed by atoms with van der Waals surface area (Å²) in [6.07, 6.45) is 17.4. The number of nitrogens with zero attached hydrogens (tertiary/aromatic N) is 2. The predicted molar refractivity (Wildman–Crippen MR) is 99.9 cm³/mol. The fourth-order valence-corrected chi connectivity index (χ4v) is 3.35. The Labute approximate surface area is 149 Å². The molecule has 1 aliphatic heterocycles. The molecule has 0 radical (unpaired) electrons. The van der Waals surface area contributed by atoms with Crippen molar-refractivity contribution in [3.05, 3.63) is 0 Å². The Hall–Kier alpha value is -1.06. The highest BCUT2D eigenvalue weighted by Crippen LogP contribution is 2.13. The minimum absolute atomic E-state index is 0.271. The van der Waals surface area contributed by atoms with Gasteiger partial charge in [-0.2, -0.15) is 0 Å². The SMILES string of the molecule is CCCCCCCCCCCCCCC(=O)N1CCN(C=O)CC1. The number of piperazine rings is 1. The first-order chi connectivity index (χ1) is 11.8. The van der Waals surface area contributed by atoms with E-state index in [0.29, 0.717) is 32.6 Å². The van der Waals surface area contributed by atoms with Crippen molar-refractivity contribution in [1.82, 2.24) is 9.80 Å². The summed E-state index contributed by atoms with van der Waals surface area (Å²) in [5.41, 5.74) is 0. The molecule has 0 saturated carbocycles. The first-order valence-electron chi connectivity index (χ1n) is 10.2. The van der Waals surface area contributed by atoms with Crippen LogP contribution in [-0.2, 0) is 9.59 Å². The predicted octanol–water partition coefficient (Wildman–Crippen LogP) is 4.38. The zero-order chi connectivity index (χ0) is 17.5. The Morgan fingerprint density at radius 3 is 1.67 bits per heavy atom. The van der Waals surface area contributed by atoms with E-state index in [1.807, 2.05) is 4.90 Å². The van der Waals surface area contributed by atoms with E-state index in [-0.39, 0.29) is 5.91 Å². The van der Waals surface area contributed by atoms with Crippen LogP contribution in [0.5, 0.6) is 0 Å². The maximum atomic E-state index is 12.1. The molecule has 0 spiro atoms. The lowest BCUT2D eigenvalue weighted by Gasteiger charge is -2.32. The fraction of sp³-hybridized carbons (Fsp3) is 0.900. The van der Waals surface area contributed by atoms with Gasteiger partial charge in [0, 0.05) is 32.6 Å². The van der Waals surface area contributed by atoms with Gasteiger partial charge in [-0.05, 0) is 6.42 Å². The van der Waals surface area contributed by atoms with Crippen molar-refractivity contribution in [2.75, 3.05) is 26.2 Å². The van der Waals surface area contributed by atoms with Gasteiger partial charge in [0.15, 0.2) is 0 Å². The third-order valence-electron chi connectivity index (χ3n) is 5.06. The molecule has 24 heavy (non-hydrogen) atoms. The number of hydrogen-bond donors (Lipinski definition) is 0. The number of carbonyl (C=O) groups excluding carboxylic acids is 2. The van der Waals surface area contributed by atoms with E-state index in [9.17, 15) is 9.59 Å². The maximum absolute atomic E-state index is 12.1. The molecule has 0 bridgehead atoms. The molecule has 1 saturated heterocycles. The zero-order valence-electron chi connectivity index (χ0n) is 15.8. The normalized spacial score (nSPS) is 14.9.